The van der Waals surface area contributed by atoms with Crippen LogP contribution in [-0.2, 0) is 0 Å². The van der Waals surface area contributed by atoms with Gasteiger partial charge in [0.1, 0.15) is 0 Å². The van der Waals surface area contributed by atoms with Gasteiger partial charge in [-0.2, -0.15) is 0 Å². The largest absolute Gasteiger partial charge is 0.356 e. The van der Waals surface area contributed by atoms with E-state index in [1.807, 2.05) is 7.05 Å². The van der Waals surface area contributed by atoms with E-state index in [0.717, 1.165) is 31.8 Å². The Morgan fingerprint density at radius 1 is 1.32 bits per heavy atom. The molecule has 0 amide bonds. The van der Waals surface area contributed by atoms with Crippen molar-refractivity contribution < 1.29 is 0 Å². The number of guanidine groups is 1. The van der Waals surface area contributed by atoms with Gasteiger partial charge in [-0.25, -0.2) is 0 Å². The molecular formula is C15H26IN3. The smallest absolute Gasteiger partial charge is 0.191 e. The fourth-order valence-corrected chi connectivity index (χ4v) is 2.60. The number of nitrogens with one attached hydrogen (secondary N) is 2. The van der Waals surface area contributed by atoms with Crippen molar-refractivity contribution in [2.75, 3.05) is 13.6 Å². The summed E-state index contributed by atoms with van der Waals surface area (Å²) < 4.78 is 0. The molecule has 0 bridgehead atoms. The highest BCUT2D eigenvalue weighted by molar-refractivity contribution is 14.0. The Hall–Kier alpha value is -0.520. The van der Waals surface area contributed by atoms with Crippen molar-refractivity contribution in [1.82, 2.24) is 10.6 Å². The Kier molecular flexibility index (Phi) is 8.18. The van der Waals surface area contributed by atoms with E-state index >= 15 is 0 Å². The monoisotopic (exact) mass is 375 g/mol. The number of hydrogen-bond acceptors (Lipinski definition) is 1. The van der Waals surface area contributed by atoms with Crippen molar-refractivity contribution >= 4 is 29.9 Å². The minimum atomic E-state index is 0. The van der Waals surface area contributed by atoms with Crippen molar-refractivity contribution in [2.45, 2.75) is 51.0 Å². The van der Waals surface area contributed by atoms with Crippen LogP contribution in [0.25, 0.3) is 0 Å². The van der Waals surface area contributed by atoms with Gasteiger partial charge in [0.15, 0.2) is 5.96 Å². The third-order valence-electron chi connectivity index (χ3n) is 3.70. The van der Waals surface area contributed by atoms with Gasteiger partial charge in [0.2, 0.25) is 0 Å². The number of allylic oxidation sites excluding steroid dienone is 1. The van der Waals surface area contributed by atoms with Crippen LogP contribution in [0, 0.1) is 0 Å². The Labute approximate surface area is 134 Å². The standard InChI is InChI=1S/C15H25N3.HI/c1-16-15(18-14-9-5-6-10-14)17-12-11-13-7-3-2-4-8-13;/h5-7,14H,2-4,8-12H2,1H3,(H2,16,17,18);1H. The summed E-state index contributed by atoms with van der Waals surface area (Å²) in [4.78, 5) is 4.28. The first-order valence-corrected chi connectivity index (χ1v) is 7.18. The van der Waals surface area contributed by atoms with E-state index < -0.39 is 0 Å². The van der Waals surface area contributed by atoms with Crippen molar-refractivity contribution in [3.8, 4) is 0 Å². The lowest BCUT2D eigenvalue weighted by molar-refractivity contribution is 0.626. The Morgan fingerprint density at radius 2 is 2.11 bits per heavy atom. The number of aliphatic imine (C=N–C) groups is 1. The van der Waals surface area contributed by atoms with Crippen LogP contribution in [0.15, 0.2) is 28.8 Å². The van der Waals surface area contributed by atoms with Crippen LogP contribution in [0.4, 0.5) is 0 Å². The highest BCUT2D eigenvalue weighted by Gasteiger charge is 2.11. The molecule has 108 valence electrons. The molecule has 2 N–H and O–H groups in total. The molecule has 0 saturated carbocycles. The van der Waals surface area contributed by atoms with E-state index in [0.29, 0.717) is 6.04 Å². The molecule has 0 unspecified atom stereocenters. The van der Waals surface area contributed by atoms with Crippen molar-refractivity contribution in [1.29, 1.82) is 0 Å². The molecule has 0 spiro atoms. The molecule has 3 nitrogen and oxygen atoms in total. The molecule has 2 aliphatic carbocycles. The second-order valence-corrected chi connectivity index (χ2v) is 5.14. The topological polar surface area (TPSA) is 36.4 Å². The molecule has 4 heteroatoms. The van der Waals surface area contributed by atoms with Crippen molar-refractivity contribution in [3.63, 3.8) is 0 Å². The number of hydrogen-bond donors (Lipinski definition) is 2. The van der Waals surface area contributed by atoms with E-state index in [9.17, 15) is 0 Å². The Bertz CT molecular complexity index is 339. The second-order valence-electron chi connectivity index (χ2n) is 5.14. The van der Waals surface area contributed by atoms with Crippen LogP contribution in [0.3, 0.4) is 0 Å². The predicted molar refractivity (Wildman–Crippen MR) is 93.2 cm³/mol. The molecule has 0 aromatic carbocycles. The van der Waals surface area contributed by atoms with E-state index in [-0.39, 0.29) is 24.0 Å². The summed E-state index contributed by atoms with van der Waals surface area (Å²) in [6.45, 7) is 0.992. The van der Waals surface area contributed by atoms with Gasteiger partial charge in [0.05, 0.1) is 0 Å². The van der Waals surface area contributed by atoms with Crippen LogP contribution in [0.5, 0.6) is 0 Å². The lowest BCUT2D eigenvalue weighted by atomic mass is 9.97. The summed E-state index contributed by atoms with van der Waals surface area (Å²) in [7, 11) is 1.84. The van der Waals surface area contributed by atoms with Gasteiger partial charge in [0, 0.05) is 19.6 Å². The fourth-order valence-electron chi connectivity index (χ4n) is 2.60. The summed E-state index contributed by atoms with van der Waals surface area (Å²) in [5, 5.41) is 6.87. The molecule has 2 rings (SSSR count). The van der Waals surface area contributed by atoms with E-state index in [1.54, 1.807) is 5.57 Å². The molecule has 0 fully saturated rings. The molecule has 0 saturated heterocycles. The zero-order valence-corrected chi connectivity index (χ0v) is 14.2. The lowest BCUT2D eigenvalue weighted by Gasteiger charge is -2.18. The molecule has 19 heavy (non-hydrogen) atoms. The van der Waals surface area contributed by atoms with Crippen LogP contribution in [0.2, 0.25) is 0 Å². The number of rotatable bonds is 4. The van der Waals surface area contributed by atoms with Crippen LogP contribution in [0.1, 0.15) is 44.9 Å². The van der Waals surface area contributed by atoms with Gasteiger partial charge < -0.3 is 10.6 Å². The highest BCUT2D eigenvalue weighted by Crippen LogP contribution is 2.19. The van der Waals surface area contributed by atoms with Gasteiger partial charge in [0.25, 0.3) is 0 Å². The van der Waals surface area contributed by atoms with Crippen molar-refractivity contribution in [3.05, 3.63) is 23.8 Å². The summed E-state index contributed by atoms with van der Waals surface area (Å²) >= 11 is 0. The zero-order valence-electron chi connectivity index (χ0n) is 11.8. The van der Waals surface area contributed by atoms with E-state index in [4.69, 9.17) is 0 Å². The summed E-state index contributed by atoms with van der Waals surface area (Å²) in [5.74, 6) is 0.945. The molecule has 2 aliphatic rings. The lowest BCUT2D eigenvalue weighted by Crippen LogP contribution is -2.42. The van der Waals surface area contributed by atoms with Crippen LogP contribution >= 0.6 is 24.0 Å². The normalized spacial score (nSPS) is 19.8. The van der Waals surface area contributed by atoms with Gasteiger partial charge >= 0.3 is 0 Å². The van der Waals surface area contributed by atoms with Crippen LogP contribution in [-0.4, -0.2) is 25.6 Å². The molecular weight excluding hydrogens is 349 g/mol. The summed E-state index contributed by atoms with van der Waals surface area (Å²) in [6, 6.07) is 0.532. The number of nitrogens with zero attached hydrogens (tertiary/aromatic N) is 1. The van der Waals surface area contributed by atoms with Crippen molar-refractivity contribution in [2.24, 2.45) is 4.99 Å². The third kappa shape index (κ3) is 5.97. The van der Waals surface area contributed by atoms with Crippen LogP contribution < -0.4 is 10.6 Å². The average molecular weight is 375 g/mol. The summed E-state index contributed by atoms with van der Waals surface area (Å²) in [6.07, 6.45) is 15.6. The van der Waals surface area contributed by atoms with Gasteiger partial charge in [-0.3, -0.25) is 4.99 Å². The first-order valence-electron chi connectivity index (χ1n) is 7.18. The first-order chi connectivity index (χ1) is 8.88. The maximum absolute atomic E-state index is 4.28. The Morgan fingerprint density at radius 3 is 2.74 bits per heavy atom. The zero-order chi connectivity index (χ0) is 12.6. The molecule has 0 aromatic rings. The van der Waals surface area contributed by atoms with Gasteiger partial charge in [-0.15, -0.1) is 24.0 Å². The minimum absolute atomic E-state index is 0. The Balaban J connectivity index is 0.00000180. The van der Waals surface area contributed by atoms with Gasteiger partial charge in [-0.05, 0) is 44.9 Å². The maximum Gasteiger partial charge on any atom is 0.191 e. The predicted octanol–water partition coefficient (Wildman–Crippen LogP) is 3.38. The van der Waals surface area contributed by atoms with E-state index in [2.05, 4.69) is 33.9 Å². The SMILES string of the molecule is CN=C(NCCC1=CCCCC1)NC1CC=CC1.I. The molecule has 0 aliphatic heterocycles. The highest BCUT2D eigenvalue weighted by atomic mass is 127. The van der Waals surface area contributed by atoms with E-state index in [1.165, 1.54) is 25.7 Å². The second kappa shape index (κ2) is 9.39. The van der Waals surface area contributed by atoms with Gasteiger partial charge in [-0.1, -0.05) is 23.8 Å². The maximum atomic E-state index is 4.28. The summed E-state index contributed by atoms with van der Waals surface area (Å²) in [5.41, 5.74) is 1.62. The third-order valence-corrected chi connectivity index (χ3v) is 3.70. The molecule has 0 radical (unpaired) electrons. The average Bonchev–Trinajstić information content (AvgIpc) is 2.92. The number of halogens is 1. The molecule has 0 heterocycles. The minimum Gasteiger partial charge on any atom is -0.356 e. The molecule has 0 atom stereocenters. The fraction of sp³-hybridized carbons (Fsp3) is 0.667. The quantitative estimate of drug-likeness (QED) is 0.342. The first kappa shape index (κ1) is 16.5. The molecule has 0 aromatic heterocycles.